The van der Waals surface area contributed by atoms with Gasteiger partial charge in [-0.1, -0.05) is 6.07 Å². The van der Waals surface area contributed by atoms with Gasteiger partial charge in [0.25, 0.3) is 5.91 Å². The van der Waals surface area contributed by atoms with E-state index in [9.17, 15) is 23.9 Å². The van der Waals surface area contributed by atoms with Crippen LogP contribution in [0, 0.1) is 11.7 Å². The van der Waals surface area contributed by atoms with E-state index >= 15 is 0 Å². The second-order valence-corrected chi connectivity index (χ2v) is 9.57. The molecule has 1 saturated heterocycles. The van der Waals surface area contributed by atoms with Crippen LogP contribution in [0.5, 0.6) is 5.75 Å². The van der Waals surface area contributed by atoms with Crippen LogP contribution >= 0.6 is 0 Å². The summed E-state index contributed by atoms with van der Waals surface area (Å²) in [6.07, 6.45) is 3.26. The number of benzene rings is 2. The third kappa shape index (κ3) is 7.07. The van der Waals surface area contributed by atoms with Crippen molar-refractivity contribution in [2.24, 2.45) is 5.92 Å². The van der Waals surface area contributed by atoms with E-state index in [0.717, 1.165) is 5.56 Å². The zero-order chi connectivity index (χ0) is 26.2. The monoisotopic (exact) mass is 511 g/mol. The molecule has 0 unspecified atom stereocenters. The summed E-state index contributed by atoms with van der Waals surface area (Å²) in [4.78, 5) is 40.2. The van der Waals surface area contributed by atoms with Crippen molar-refractivity contribution in [2.45, 2.75) is 38.5 Å². The molecule has 198 valence electrons. The smallest absolute Gasteiger partial charge is 0.251 e. The number of aromatic hydroxyl groups is 1. The number of rotatable bonds is 1. The number of halogens is 1. The highest BCUT2D eigenvalue weighted by Crippen LogP contribution is 2.33. The van der Waals surface area contributed by atoms with Gasteiger partial charge in [0, 0.05) is 68.4 Å². The first-order valence-electron chi connectivity index (χ1n) is 13.0. The molecular formula is C28H34FN3O5. The summed E-state index contributed by atoms with van der Waals surface area (Å²) in [7, 11) is 0. The lowest BCUT2D eigenvalue weighted by Gasteiger charge is -2.29. The SMILES string of the molecule is O=C1CCCN(C(=O)C2CCOCC2)CCCNC(=O)c2ccc(F)c(c2)-c2cc(ccc2O)CCN1. The second kappa shape index (κ2) is 12.7. The molecule has 0 aliphatic carbocycles. The lowest BCUT2D eigenvalue weighted by atomic mass is 9.98. The highest BCUT2D eigenvalue weighted by molar-refractivity contribution is 5.95. The van der Waals surface area contributed by atoms with Crippen molar-refractivity contribution in [1.29, 1.82) is 0 Å². The molecule has 0 saturated carbocycles. The number of hydrogen-bond acceptors (Lipinski definition) is 5. The Hall–Kier alpha value is -3.46. The fourth-order valence-corrected chi connectivity index (χ4v) is 4.80. The molecule has 3 N–H and O–H groups in total. The van der Waals surface area contributed by atoms with Gasteiger partial charge in [0.05, 0.1) is 0 Å². The second-order valence-electron chi connectivity index (χ2n) is 9.57. The average Bonchev–Trinajstić information content (AvgIpc) is 2.91. The highest BCUT2D eigenvalue weighted by atomic mass is 19.1. The molecule has 4 bridgehead atoms. The molecule has 0 spiro atoms. The number of ether oxygens (including phenoxy) is 1. The van der Waals surface area contributed by atoms with Crippen LogP contribution in [0.3, 0.4) is 0 Å². The topological polar surface area (TPSA) is 108 Å². The zero-order valence-electron chi connectivity index (χ0n) is 20.9. The molecule has 1 fully saturated rings. The van der Waals surface area contributed by atoms with E-state index < -0.39 is 5.82 Å². The van der Waals surface area contributed by atoms with Crippen LogP contribution in [0.2, 0.25) is 0 Å². The van der Waals surface area contributed by atoms with Crippen LogP contribution in [0.15, 0.2) is 36.4 Å². The van der Waals surface area contributed by atoms with E-state index in [1.165, 1.54) is 24.3 Å². The Morgan fingerprint density at radius 3 is 2.54 bits per heavy atom. The molecular weight excluding hydrogens is 477 g/mol. The molecule has 8 nitrogen and oxygen atoms in total. The molecule has 4 rings (SSSR count). The standard InChI is InChI=1S/C28H34FN3O5/c29-24-6-5-21-18-22(24)23-17-19(4-7-25(23)33)8-12-30-26(34)3-1-13-32(14-2-11-31-27(21)35)28(36)20-9-15-37-16-10-20/h4-7,17-18,20,33H,1-3,8-16H2,(H,30,34)(H,31,35). The van der Waals surface area contributed by atoms with E-state index in [1.807, 2.05) is 0 Å². The van der Waals surface area contributed by atoms with Gasteiger partial charge in [0.1, 0.15) is 11.6 Å². The predicted molar refractivity (Wildman–Crippen MR) is 137 cm³/mol. The van der Waals surface area contributed by atoms with Crippen LogP contribution in [0.25, 0.3) is 11.1 Å². The summed E-state index contributed by atoms with van der Waals surface area (Å²) >= 11 is 0. The van der Waals surface area contributed by atoms with E-state index in [0.29, 0.717) is 77.9 Å². The van der Waals surface area contributed by atoms with Crippen molar-refractivity contribution in [1.82, 2.24) is 15.5 Å². The molecule has 37 heavy (non-hydrogen) atoms. The van der Waals surface area contributed by atoms with Crippen molar-refractivity contribution in [3.05, 3.63) is 53.3 Å². The number of carbonyl (C=O) groups is 3. The average molecular weight is 512 g/mol. The van der Waals surface area contributed by atoms with Crippen LogP contribution in [-0.4, -0.2) is 67.1 Å². The summed E-state index contributed by atoms with van der Waals surface area (Å²) in [6, 6.07) is 8.95. The Morgan fingerprint density at radius 1 is 0.946 bits per heavy atom. The van der Waals surface area contributed by atoms with Gasteiger partial charge in [-0.25, -0.2) is 4.39 Å². The predicted octanol–water partition coefficient (Wildman–Crippen LogP) is 3.03. The van der Waals surface area contributed by atoms with Crippen LogP contribution in [-0.2, 0) is 20.7 Å². The lowest BCUT2D eigenvalue weighted by molar-refractivity contribution is -0.139. The minimum absolute atomic E-state index is 0.0724. The van der Waals surface area contributed by atoms with E-state index in [-0.39, 0.29) is 46.1 Å². The van der Waals surface area contributed by atoms with Crippen molar-refractivity contribution in [3.8, 4) is 16.9 Å². The fourth-order valence-electron chi connectivity index (χ4n) is 4.80. The van der Waals surface area contributed by atoms with Crippen molar-refractivity contribution in [2.75, 3.05) is 39.4 Å². The molecule has 3 amide bonds. The Kier molecular flexibility index (Phi) is 9.11. The Balaban J connectivity index is 1.53. The van der Waals surface area contributed by atoms with Gasteiger partial charge >= 0.3 is 0 Å². The van der Waals surface area contributed by atoms with Gasteiger partial charge in [-0.2, -0.15) is 0 Å². The number of fused-ring (bicyclic) bond motifs is 5. The Labute approximate surface area is 216 Å². The maximum atomic E-state index is 14.7. The molecule has 2 aliphatic heterocycles. The summed E-state index contributed by atoms with van der Waals surface area (Å²) < 4.78 is 20.1. The summed E-state index contributed by atoms with van der Waals surface area (Å²) in [5.41, 5.74) is 1.51. The lowest BCUT2D eigenvalue weighted by Crippen LogP contribution is -2.41. The number of carbonyl (C=O) groups excluding carboxylic acids is 3. The van der Waals surface area contributed by atoms with Gasteiger partial charge in [-0.15, -0.1) is 0 Å². The summed E-state index contributed by atoms with van der Waals surface area (Å²) in [5, 5.41) is 16.1. The maximum absolute atomic E-state index is 14.7. The van der Waals surface area contributed by atoms with Crippen molar-refractivity contribution < 1.29 is 28.6 Å². The maximum Gasteiger partial charge on any atom is 0.251 e. The Morgan fingerprint density at radius 2 is 1.73 bits per heavy atom. The molecule has 0 atom stereocenters. The number of phenols is 1. The molecule has 2 aliphatic rings. The molecule has 0 aromatic heterocycles. The van der Waals surface area contributed by atoms with Gasteiger partial charge in [0.2, 0.25) is 11.8 Å². The quantitative estimate of drug-likeness (QED) is 0.546. The third-order valence-corrected chi connectivity index (χ3v) is 6.92. The first kappa shape index (κ1) is 26.6. The van der Waals surface area contributed by atoms with Crippen molar-refractivity contribution in [3.63, 3.8) is 0 Å². The van der Waals surface area contributed by atoms with Gasteiger partial charge in [-0.3, -0.25) is 14.4 Å². The molecule has 2 aromatic rings. The van der Waals surface area contributed by atoms with E-state index in [1.54, 1.807) is 17.0 Å². The van der Waals surface area contributed by atoms with E-state index in [2.05, 4.69) is 10.6 Å². The number of phenolic OH excluding ortho intramolecular Hbond substituents is 1. The first-order valence-corrected chi connectivity index (χ1v) is 13.0. The van der Waals surface area contributed by atoms with Gasteiger partial charge < -0.3 is 25.4 Å². The Bertz CT molecular complexity index is 1130. The highest BCUT2D eigenvalue weighted by Gasteiger charge is 2.26. The fraction of sp³-hybridized carbons (Fsp3) is 0.464. The zero-order valence-corrected chi connectivity index (χ0v) is 20.9. The van der Waals surface area contributed by atoms with Crippen LogP contribution < -0.4 is 10.6 Å². The molecule has 2 aromatic carbocycles. The molecule has 2 heterocycles. The summed E-state index contributed by atoms with van der Waals surface area (Å²) in [6.45, 7) is 2.81. The molecule has 0 radical (unpaired) electrons. The van der Waals surface area contributed by atoms with Crippen LogP contribution in [0.1, 0.15) is 48.0 Å². The minimum Gasteiger partial charge on any atom is -0.507 e. The van der Waals surface area contributed by atoms with Gasteiger partial charge in [-0.05, 0) is 68.0 Å². The summed E-state index contributed by atoms with van der Waals surface area (Å²) in [5.74, 6) is -1.10. The normalized spacial score (nSPS) is 18.7. The molecule has 9 heteroatoms. The number of nitrogens with one attached hydrogen (secondary N) is 2. The largest absolute Gasteiger partial charge is 0.507 e. The number of nitrogens with zero attached hydrogens (tertiary/aromatic N) is 1. The number of hydrogen-bond donors (Lipinski definition) is 3. The van der Waals surface area contributed by atoms with Gasteiger partial charge in [0.15, 0.2) is 0 Å². The third-order valence-electron chi connectivity index (χ3n) is 6.92. The minimum atomic E-state index is -0.550. The van der Waals surface area contributed by atoms with Crippen molar-refractivity contribution >= 4 is 17.7 Å². The first-order chi connectivity index (χ1) is 17.9. The van der Waals surface area contributed by atoms with E-state index in [4.69, 9.17) is 4.74 Å². The van der Waals surface area contributed by atoms with Crippen LogP contribution in [0.4, 0.5) is 4.39 Å². The number of amides is 3.